The second kappa shape index (κ2) is 5.79. The number of nitrogens with zero attached hydrogens (tertiary/aromatic N) is 3. The first-order chi connectivity index (χ1) is 9.49. The summed E-state index contributed by atoms with van der Waals surface area (Å²) < 4.78 is 1.98. The summed E-state index contributed by atoms with van der Waals surface area (Å²) >= 11 is 5.12. The van der Waals surface area contributed by atoms with E-state index in [0.29, 0.717) is 4.77 Å². The van der Waals surface area contributed by atoms with Crippen molar-refractivity contribution >= 4 is 24.4 Å². The van der Waals surface area contributed by atoms with E-state index in [4.69, 9.17) is 17.3 Å². The molecule has 0 spiro atoms. The summed E-state index contributed by atoms with van der Waals surface area (Å²) in [7, 11) is 0. The minimum absolute atomic E-state index is 0.189. The maximum absolute atomic E-state index is 10.8. The molecule has 0 radical (unpaired) electrons. The zero-order chi connectivity index (χ0) is 14.7. The van der Waals surface area contributed by atoms with E-state index in [0.717, 1.165) is 11.4 Å². The van der Waals surface area contributed by atoms with Gasteiger partial charge in [0.25, 0.3) is 0 Å². The van der Waals surface area contributed by atoms with Crippen molar-refractivity contribution in [3.05, 3.63) is 46.0 Å². The Morgan fingerprint density at radius 1 is 1.45 bits per heavy atom. The largest absolute Gasteiger partial charge is 0.478 e. The van der Waals surface area contributed by atoms with Crippen molar-refractivity contribution < 1.29 is 9.90 Å². The first-order valence-electron chi connectivity index (χ1n) is 6.04. The molecule has 0 fully saturated rings. The number of aromatic amines is 1. The van der Waals surface area contributed by atoms with Crippen molar-refractivity contribution in [3.63, 3.8) is 0 Å². The molecule has 0 saturated heterocycles. The number of carbonyl (C=O) groups is 1. The number of H-pyrrole nitrogens is 1. The first kappa shape index (κ1) is 14.1. The third kappa shape index (κ3) is 3.00. The molecule has 0 atom stereocenters. The van der Waals surface area contributed by atoms with Gasteiger partial charge in [-0.1, -0.05) is 26.0 Å². The standard InChI is InChI=1S/C13H14N4O2S/c1-8(2)11-15-16-13(20)17(11)14-7-9-3-5-10(6-4-9)12(18)19/h3-8H,1-2H3,(H,16,20)(H,18,19). The summed E-state index contributed by atoms with van der Waals surface area (Å²) in [5.74, 6) is -0.0180. The molecular formula is C13H14N4O2S. The van der Waals surface area contributed by atoms with Crippen LogP contribution < -0.4 is 0 Å². The predicted octanol–water partition coefficient (Wildman–Crippen LogP) is 2.64. The van der Waals surface area contributed by atoms with Gasteiger partial charge in [0.1, 0.15) is 0 Å². The highest BCUT2D eigenvalue weighted by Gasteiger charge is 2.08. The number of rotatable bonds is 4. The topological polar surface area (TPSA) is 83.3 Å². The lowest BCUT2D eigenvalue weighted by Crippen LogP contribution is -2.01. The van der Waals surface area contributed by atoms with Gasteiger partial charge in [0.2, 0.25) is 4.77 Å². The van der Waals surface area contributed by atoms with Gasteiger partial charge in [0.05, 0.1) is 11.8 Å². The Morgan fingerprint density at radius 3 is 2.65 bits per heavy atom. The minimum atomic E-state index is -0.951. The lowest BCUT2D eigenvalue weighted by atomic mass is 10.1. The van der Waals surface area contributed by atoms with Crippen LogP contribution in [0.2, 0.25) is 0 Å². The normalized spacial score (nSPS) is 11.3. The first-order valence-corrected chi connectivity index (χ1v) is 6.45. The zero-order valence-corrected chi connectivity index (χ0v) is 11.9. The summed E-state index contributed by atoms with van der Waals surface area (Å²) in [5, 5.41) is 19.9. The Balaban J connectivity index is 2.27. The summed E-state index contributed by atoms with van der Waals surface area (Å²) in [4.78, 5) is 10.8. The van der Waals surface area contributed by atoms with E-state index in [9.17, 15) is 4.79 Å². The van der Waals surface area contributed by atoms with Gasteiger partial charge in [0.15, 0.2) is 5.82 Å². The summed E-state index contributed by atoms with van der Waals surface area (Å²) in [5.41, 5.74) is 1.03. The molecule has 1 heterocycles. The molecular weight excluding hydrogens is 276 g/mol. The fourth-order valence-corrected chi connectivity index (χ4v) is 1.81. The number of hydrogen-bond acceptors (Lipinski definition) is 4. The van der Waals surface area contributed by atoms with Gasteiger partial charge in [-0.3, -0.25) is 5.10 Å². The van der Waals surface area contributed by atoms with Crippen LogP contribution in [0, 0.1) is 4.77 Å². The molecule has 20 heavy (non-hydrogen) atoms. The molecule has 2 rings (SSSR count). The van der Waals surface area contributed by atoms with Crippen LogP contribution in [-0.4, -0.2) is 32.2 Å². The summed E-state index contributed by atoms with van der Waals surface area (Å²) in [6.07, 6.45) is 1.61. The molecule has 6 nitrogen and oxygen atoms in total. The van der Waals surface area contributed by atoms with E-state index in [1.54, 1.807) is 23.0 Å². The average molecular weight is 290 g/mol. The average Bonchev–Trinajstić information content (AvgIpc) is 2.78. The molecule has 0 unspecified atom stereocenters. The third-order valence-corrected chi connectivity index (χ3v) is 2.94. The van der Waals surface area contributed by atoms with Gasteiger partial charge in [-0.2, -0.15) is 14.9 Å². The highest BCUT2D eigenvalue weighted by atomic mass is 32.1. The molecule has 0 saturated carbocycles. The van der Waals surface area contributed by atoms with Crippen molar-refractivity contribution in [1.82, 2.24) is 14.9 Å². The van der Waals surface area contributed by atoms with E-state index in [1.807, 2.05) is 13.8 Å². The molecule has 1 aromatic heterocycles. The highest BCUT2D eigenvalue weighted by molar-refractivity contribution is 7.71. The van der Waals surface area contributed by atoms with Crippen molar-refractivity contribution in [1.29, 1.82) is 0 Å². The van der Waals surface area contributed by atoms with Crippen LogP contribution in [0.5, 0.6) is 0 Å². The van der Waals surface area contributed by atoms with E-state index in [-0.39, 0.29) is 11.5 Å². The van der Waals surface area contributed by atoms with Gasteiger partial charge >= 0.3 is 5.97 Å². The number of nitrogens with one attached hydrogen (secondary N) is 1. The zero-order valence-electron chi connectivity index (χ0n) is 11.1. The predicted molar refractivity (Wildman–Crippen MR) is 77.9 cm³/mol. The van der Waals surface area contributed by atoms with Crippen LogP contribution in [-0.2, 0) is 0 Å². The number of hydrogen-bond donors (Lipinski definition) is 2. The molecule has 0 amide bonds. The fraction of sp³-hybridized carbons (Fsp3) is 0.231. The molecule has 0 bridgehead atoms. The lowest BCUT2D eigenvalue weighted by Gasteiger charge is -2.02. The number of benzene rings is 1. The molecule has 2 N–H and O–H groups in total. The molecule has 104 valence electrons. The van der Waals surface area contributed by atoms with Crippen LogP contribution >= 0.6 is 12.2 Å². The fourth-order valence-electron chi connectivity index (χ4n) is 1.63. The Bertz CT molecular complexity index is 698. The second-order valence-corrected chi connectivity index (χ2v) is 4.91. The van der Waals surface area contributed by atoms with Crippen LogP contribution in [0.15, 0.2) is 29.4 Å². The lowest BCUT2D eigenvalue weighted by molar-refractivity contribution is 0.0697. The van der Waals surface area contributed by atoms with Crippen LogP contribution in [0.4, 0.5) is 0 Å². The Hall–Kier alpha value is -2.28. The highest BCUT2D eigenvalue weighted by Crippen LogP contribution is 2.11. The number of aromatic nitrogens is 3. The van der Waals surface area contributed by atoms with Crippen molar-refractivity contribution in [2.75, 3.05) is 0 Å². The van der Waals surface area contributed by atoms with Gasteiger partial charge < -0.3 is 5.11 Å². The minimum Gasteiger partial charge on any atom is -0.478 e. The molecule has 2 aromatic rings. The van der Waals surface area contributed by atoms with E-state index < -0.39 is 5.97 Å². The van der Waals surface area contributed by atoms with Crippen molar-refractivity contribution in [2.45, 2.75) is 19.8 Å². The Labute approximate surface area is 120 Å². The summed E-state index contributed by atoms with van der Waals surface area (Å²) in [6, 6.07) is 6.43. The van der Waals surface area contributed by atoms with E-state index >= 15 is 0 Å². The van der Waals surface area contributed by atoms with Crippen LogP contribution in [0.1, 0.15) is 41.5 Å². The summed E-state index contributed by atoms with van der Waals surface area (Å²) in [6.45, 7) is 4.00. The van der Waals surface area contributed by atoms with Crippen LogP contribution in [0.3, 0.4) is 0 Å². The third-order valence-electron chi connectivity index (χ3n) is 2.67. The monoisotopic (exact) mass is 290 g/mol. The van der Waals surface area contributed by atoms with Gasteiger partial charge in [-0.25, -0.2) is 4.79 Å². The quantitative estimate of drug-likeness (QED) is 0.670. The molecule has 1 aromatic carbocycles. The molecule has 0 aliphatic heterocycles. The molecule has 0 aliphatic carbocycles. The Kier molecular flexibility index (Phi) is 4.09. The molecule has 0 aliphatic rings. The number of carboxylic acids is 1. The molecule has 7 heteroatoms. The Morgan fingerprint density at radius 2 is 2.10 bits per heavy atom. The maximum atomic E-state index is 10.8. The maximum Gasteiger partial charge on any atom is 0.335 e. The van der Waals surface area contributed by atoms with E-state index in [1.165, 1.54) is 12.1 Å². The second-order valence-electron chi connectivity index (χ2n) is 4.53. The van der Waals surface area contributed by atoms with Crippen molar-refractivity contribution in [3.8, 4) is 0 Å². The SMILES string of the molecule is CC(C)c1n[nH]c(=S)n1N=Cc1ccc(C(=O)O)cc1. The van der Waals surface area contributed by atoms with E-state index in [2.05, 4.69) is 15.3 Å². The smallest absolute Gasteiger partial charge is 0.335 e. The van der Waals surface area contributed by atoms with Gasteiger partial charge in [-0.05, 0) is 29.9 Å². The van der Waals surface area contributed by atoms with Gasteiger partial charge in [0, 0.05) is 5.92 Å². The van der Waals surface area contributed by atoms with Crippen LogP contribution in [0.25, 0.3) is 0 Å². The number of carboxylic acid groups (broad SMARTS) is 1. The number of aromatic carboxylic acids is 1. The van der Waals surface area contributed by atoms with Crippen molar-refractivity contribution in [2.24, 2.45) is 5.10 Å². The van der Waals surface area contributed by atoms with Gasteiger partial charge in [-0.15, -0.1) is 0 Å².